The quantitative estimate of drug-likeness (QED) is 0.451. The topological polar surface area (TPSA) is 124 Å². The van der Waals surface area contributed by atoms with Crippen molar-refractivity contribution in [3.05, 3.63) is 23.0 Å². The molecule has 3 aliphatic heterocycles. The minimum Gasteiger partial charge on any atom is -0.461 e. The van der Waals surface area contributed by atoms with E-state index in [1.165, 1.54) is 27.9 Å². The van der Waals surface area contributed by atoms with Crippen LogP contribution in [0.5, 0.6) is 0 Å². The number of carbonyl (C=O) groups excluding carboxylic acids is 4. The second-order valence-electron chi connectivity index (χ2n) is 8.57. The van der Waals surface area contributed by atoms with Gasteiger partial charge in [0.1, 0.15) is 18.5 Å². The second-order valence-corrected chi connectivity index (χ2v) is 8.57. The Bertz CT molecular complexity index is 918. The van der Waals surface area contributed by atoms with Crippen LogP contribution in [0.4, 0.5) is 0 Å². The van der Waals surface area contributed by atoms with E-state index in [9.17, 15) is 19.2 Å². The van der Waals surface area contributed by atoms with Gasteiger partial charge in [0.25, 0.3) is 0 Å². The Kier molecular flexibility index (Phi) is 6.23. The molecule has 1 fully saturated rings. The highest BCUT2D eigenvalue weighted by Crippen LogP contribution is 2.52. The zero-order valence-electron chi connectivity index (χ0n) is 19.1. The van der Waals surface area contributed by atoms with E-state index < -0.39 is 47.0 Å². The largest absolute Gasteiger partial charge is 0.461 e. The summed E-state index contributed by atoms with van der Waals surface area (Å²) in [5.74, 6) is -3.72. The van der Waals surface area contributed by atoms with E-state index in [2.05, 4.69) is 0 Å². The number of fused-ring (bicyclic) bond motifs is 3. The second kappa shape index (κ2) is 8.32. The van der Waals surface area contributed by atoms with Crippen LogP contribution < -0.4 is 0 Å². The van der Waals surface area contributed by atoms with Crippen LogP contribution in [0.25, 0.3) is 0 Å². The van der Waals surface area contributed by atoms with Crippen LogP contribution in [0.1, 0.15) is 53.9 Å². The zero-order valence-corrected chi connectivity index (χ0v) is 19.1. The molecule has 2 bridgehead atoms. The smallest absolute Gasteiger partial charge is 0.343 e. The van der Waals surface area contributed by atoms with Gasteiger partial charge < -0.3 is 28.4 Å². The summed E-state index contributed by atoms with van der Waals surface area (Å²) in [4.78, 5) is 48.1. The average Bonchev–Trinajstić information content (AvgIpc) is 3.16. The maximum absolute atomic E-state index is 12.7. The normalized spacial score (nSPS) is 35.5. The number of ether oxygens (including phenoxy) is 6. The molecule has 176 valence electrons. The van der Waals surface area contributed by atoms with Crippen LogP contribution in [-0.4, -0.2) is 60.7 Å². The highest BCUT2D eigenvalue weighted by atomic mass is 16.7. The van der Waals surface area contributed by atoms with Crippen molar-refractivity contribution in [2.45, 2.75) is 77.0 Å². The van der Waals surface area contributed by atoms with Gasteiger partial charge in [0.2, 0.25) is 5.79 Å². The zero-order chi connectivity index (χ0) is 23.9. The fourth-order valence-corrected chi connectivity index (χ4v) is 4.60. The molecular weight excluding hydrogens is 424 g/mol. The van der Waals surface area contributed by atoms with Crippen LogP contribution in [0.3, 0.4) is 0 Å². The van der Waals surface area contributed by atoms with E-state index in [4.69, 9.17) is 28.4 Å². The number of rotatable bonds is 5. The van der Waals surface area contributed by atoms with Crippen molar-refractivity contribution in [2.24, 2.45) is 0 Å². The molecule has 10 nitrogen and oxygen atoms in total. The standard InChI is InChI=1S/C22H28O10/c1-12(23)28-11-15-18-16(30-19(15)26)9-20(4)7-8-22(27-6,32-20)21(5,31-14(3)25)10-17(18)29-13(2)24/h9,17H,7-8,10-11H2,1-6H3/b16-9+/t17-,20-,21+,22+/m0/s1. The summed E-state index contributed by atoms with van der Waals surface area (Å²) in [6, 6.07) is 0. The maximum atomic E-state index is 12.7. The molecule has 10 heteroatoms. The van der Waals surface area contributed by atoms with Gasteiger partial charge in [-0.3, -0.25) is 14.4 Å². The molecule has 0 aliphatic carbocycles. The van der Waals surface area contributed by atoms with Gasteiger partial charge >= 0.3 is 23.9 Å². The molecule has 0 unspecified atom stereocenters. The first-order valence-corrected chi connectivity index (χ1v) is 10.3. The van der Waals surface area contributed by atoms with Crippen molar-refractivity contribution >= 4 is 23.9 Å². The van der Waals surface area contributed by atoms with E-state index >= 15 is 0 Å². The lowest BCUT2D eigenvalue weighted by Gasteiger charge is -2.45. The first-order chi connectivity index (χ1) is 14.8. The van der Waals surface area contributed by atoms with Gasteiger partial charge in [0, 0.05) is 46.3 Å². The van der Waals surface area contributed by atoms with Gasteiger partial charge in [0.05, 0.1) is 11.2 Å². The van der Waals surface area contributed by atoms with Crippen LogP contribution in [0, 0.1) is 0 Å². The van der Waals surface area contributed by atoms with Gasteiger partial charge in [0.15, 0.2) is 5.60 Å². The Morgan fingerprint density at radius 2 is 1.78 bits per heavy atom. The van der Waals surface area contributed by atoms with E-state index in [1.807, 2.05) is 0 Å². The van der Waals surface area contributed by atoms with Gasteiger partial charge in [-0.1, -0.05) is 0 Å². The minimum atomic E-state index is -1.40. The summed E-state index contributed by atoms with van der Waals surface area (Å²) >= 11 is 0. The van der Waals surface area contributed by atoms with Crippen molar-refractivity contribution in [2.75, 3.05) is 13.7 Å². The summed E-state index contributed by atoms with van der Waals surface area (Å²) in [5, 5.41) is 0. The maximum Gasteiger partial charge on any atom is 0.343 e. The molecule has 0 amide bonds. The van der Waals surface area contributed by atoms with E-state index in [1.54, 1.807) is 19.9 Å². The van der Waals surface area contributed by atoms with Crippen molar-refractivity contribution in [1.29, 1.82) is 0 Å². The summed E-state index contributed by atoms with van der Waals surface area (Å²) < 4.78 is 33.9. The van der Waals surface area contributed by atoms with Crippen molar-refractivity contribution in [3.63, 3.8) is 0 Å². The molecule has 0 aromatic rings. The molecule has 3 rings (SSSR count). The van der Waals surface area contributed by atoms with Crippen LogP contribution >= 0.6 is 0 Å². The molecule has 1 saturated heterocycles. The lowest BCUT2D eigenvalue weighted by Crippen LogP contribution is -2.58. The lowest BCUT2D eigenvalue weighted by atomic mass is 9.82. The number of hydrogen-bond acceptors (Lipinski definition) is 10. The Morgan fingerprint density at radius 1 is 1.09 bits per heavy atom. The van der Waals surface area contributed by atoms with Crippen LogP contribution in [-0.2, 0) is 47.6 Å². The highest BCUT2D eigenvalue weighted by Gasteiger charge is 2.62. The third-order valence-electron chi connectivity index (χ3n) is 5.95. The number of carbonyl (C=O) groups is 4. The number of esters is 4. The molecule has 0 radical (unpaired) electrons. The predicted octanol–water partition coefficient (Wildman–Crippen LogP) is 1.86. The summed E-state index contributed by atoms with van der Waals surface area (Å²) in [6.45, 7) is 6.75. The van der Waals surface area contributed by atoms with Gasteiger partial charge in [-0.2, -0.15) is 0 Å². The molecule has 0 aromatic heterocycles. The summed E-state index contributed by atoms with van der Waals surface area (Å²) in [5.41, 5.74) is -2.07. The number of methoxy groups -OCH3 is 1. The molecule has 0 aromatic carbocycles. The van der Waals surface area contributed by atoms with Crippen LogP contribution in [0.2, 0.25) is 0 Å². The van der Waals surface area contributed by atoms with Crippen molar-refractivity contribution in [1.82, 2.24) is 0 Å². The predicted molar refractivity (Wildman–Crippen MR) is 107 cm³/mol. The SMILES string of the molecule is CO[C@@]12CC[C@@](C)(/C=C3/OC(=O)C(COC(C)=O)=C3[C@@H](OC(C)=O)C[C@@]1(C)OC(C)=O)O2. The molecular formula is C22H28O10. The fraction of sp³-hybridized carbons (Fsp3) is 0.636. The van der Waals surface area contributed by atoms with Gasteiger partial charge in [-0.05, 0) is 26.3 Å². The van der Waals surface area contributed by atoms with Gasteiger partial charge in [-0.15, -0.1) is 0 Å². The van der Waals surface area contributed by atoms with Crippen molar-refractivity contribution in [3.8, 4) is 0 Å². The van der Waals surface area contributed by atoms with Gasteiger partial charge in [-0.25, -0.2) is 4.79 Å². The van der Waals surface area contributed by atoms with Crippen molar-refractivity contribution < 1.29 is 47.6 Å². The van der Waals surface area contributed by atoms with Crippen LogP contribution in [0.15, 0.2) is 23.0 Å². The Labute approximate surface area is 185 Å². The summed E-state index contributed by atoms with van der Waals surface area (Å²) in [7, 11) is 1.45. The third-order valence-corrected chi connectivity index (χ3v) is 5.95. The highest BCUT2D eigenvalue weighted by molar-refractivity contribution is 5.95. The average molecular weight is 452 g/mol. The molecule has 3 heterocycles. The molecule has 0 saturated carbocycles. The summed E-state index contributed by atoms with van der Waals surface area (Å²) in [6.07, 6.45) is 1.30. The van der Waals surface area contributed by atoms with E-state index in [-0.39, 0.29) is 29.9 Å². The third kappa shape index (κ3) is 4.29. The molecule has 32 heavy (non-hydrogen) atoms. The minimum absolute atomic E-state index is 0.0377. The van der Waals surface area contributed by atoms with E-state index in [0.717, 1.165) is 0 Å². The first kappa shape index (κ1) is 23.9. The monoisotopic (exact) mass is 452 g/mol. The molecule has 3 aliphatic rings. The Hall–Kier alpha value is -2.72. The molecule has 4 atom stereocenters. The molecule has 0 N–H and O–H groups in total. The Balaban J connectivity index is 2.23. The first-order valence-electron chi connectivity index (χ1n) is 10.3. The Morgan fingerprint density at radius 3 is 2.34 bits per heavy atom. The fourth-order valence-electron chi connectivity index (χ4n) is 4.60. The molecule has 0 spiro atoms. The van der Waals surface area contributed by atoms with E-state index in [0.29, 0.717) is 12.8 Å². The lowest BCUT2D eigenvalue weighted by molar-refractivity contribution is -0.313. The number of hydrogen-bond donors (Lipinski definition) is 0.